The zero-order valence-corrected chi connectivity index (χ0v) is 24.7. The van der Waals surface area contributed by atoms with Crippen LogP contribution < -0.4 is 4.90 Å². The molecule has 45 heavy (non-hydrogen) atoms. The normalized spacial score (nSPS) is 13.5. The molecule has 0 atom stereocenters. The SMILES string of the molecule is c1ccc(-n2c3ccccc3c3cc(N4c5ccccc5C(c5ccccc5)(c5ccccc5)c5ccccc54)ccc32)cc1. The molecule has 2 heteroatoms. The van der Waals surface area contributed by atoms with Crippen LogP contribution in [0.3, 0.4) is 0 Å². The summed E-state index contributed by atoms with van der Waals surface area (Å²) >= 11 is 0. The lowest BCUT2D eigenvalue weighted by Crippen LogP contribution is -2.37. The molecule has 0 aliphatic carbocycles. The zero-order valence-electron chi connectivity index (χ0n) is 24.7. The fourth-order valence-electron chi connectivity index (χ4n) is 7.64. The van der Waals surface area contributed by atoms with Crippen molar-refractivity contribution in [3.05, 3.63) is 204 Å². The summed E-state index contributed by atoms with van der Waals surface area (Å²) in [6.07, 6.45) is 0. The highest BCUT2D eigenvalue weighted by molar-refractivity contribution is 6.11. The number of rotatable bonds is 4. The summed E-state index contributed by atoms with van der Waals surface area (Å²) in [6.45, 7) is 0. The van der Waals surface area contributed by atoms with E-state index in [1.54, 1.807) is 0 Å². The van der Waals surface area contributed by atoms with Crippen molar-refractivity contribution in [1.29, 1.82) is 0 Å². The van der Waals surface area contributed by atoms with E-state index in [9.17, 15) is 0 Å². The van der Waals surface area contributed by atoms with Crippen molar-refractivity contribution in [2.45, 2.75) is 5.41 Å². The highest BCUT2D eigenvalue weighted by Crippen LogP contribution is 2.57. The number of anilines is 3. The van der Waals surface area contributed by atoms with Crippen LogP contribution in [0.2, 0.25) is 0 Å². The van der Waals surface area contributed by atoms with Gasteiger partial charge in [0, 0.05) is 22.1 Å². The van der Waals surface area contributed by atoms with Gasteiger partial charge in [-0.2, -0.15) is 0 Å². The monoisotopic (exact) mass is 574 g/mol. The van der Waals surface area contributed by atoms with Gasteiger partial charge in [0.25, 0.3) is 0 Å². The van der Waals surface area contributed by atoms with Crippen molar-refractivity contribution in [1.82, 2.24) is 4.57 Å². The molecule has 0 unspecified atom stereocenters. The molecule has 1 aliphatic rings. The standard InChI is InChI=1S/C43H30N2/c1-4-16-31(17-5-1)43(32-18-6-2-7-19-32)37-23-11-14-26-41(37)45(42-27-15-12-24-38(42)43)34-28-29-40-36(30-34)35-22-10-13-25-39(35)44(40)33-20-8-3-9-21-33/h1-30H. The Bertz CT molecular complexity index is 2230. The van der Waals surface area contributed by atoms with E-state index in [1.165, 1.54) is 61.1 Å². The maximum atomic E-state index is 2.46. The van der Waals surface area contributed by atoms with Crippen LogP contribution in [0.5, 0.6) is 0 Å². The van der Waals surface area contributed by atoms with E-state index in [1.807, 2.05) is 0 Å². The van der Waals surface area contributed by atoms with E-state index < -0.39 is 5.41 Å². The first kappa shape index (κ1) is 25.6. The average Bonchev–Trinajstić information content (AvgIpc) is 3.45. The lowest BCUT2D eigenvalue weighted by atomic mass is 9.62. The van der Waals surface area contributed by atoms with Gasteiger partial charge >= 0.3 is 0 Å². The van der Waals surface area contributed by atoms with E-state index in [2.05, 4.69) is 191 Å². The van der Waals surface area contributed by atoms with Gasteiger partial charge in [-0.1, -0.05) is 133 Å². The summed E-state index contributed by atoms with van der Waals surface area (Å²) in [5.41, 5.74) is 11.7. The first-order chi connectivity index (χ1) is 22.4. The maximum absolute atomic E-state index is 2.46. The number of fused-ring (bicyclic) bond motifs is 5. The molecule has 2 heterocycles. The molecule has 8 aromatic rings. The molecule has 0 N–H and O–H groups in total. The molecule has 212 valence electrons. The number of hydrogen-bond donors (Lipinski definition) is 0. The highest BCUT2D eigenvalue weighted by Gasteiger charge is 2.46. The average molecular weight is 575 g/mol. The molecule has 1 aliphatic heterocycles. The first-order valence-corrected chi connectivity index (χ1v) is 15.5. The maximum Gasteiger partial charge on any atom is 0.0742 e. The Morgan fingerprint density at radius 3 is 1.47 bits per heavy atom. The Morgan fingerprint density at radius 2 is 0.844 bits per heavy atom. The highest BCUT2D eigenvalue weighted by atomic mass is 15.2. The van der Waals surface area contributed by atoms with E-state index in [-0.39, 0.29) is 0 Å². The quantitative estimate of drug-likeness (QED) is 0.203. The summed E-state index contributed by atoms with van der Waals surface area (Å²) in [5.74, 6) is 0. The van der Waals surface area contributed by atoms with Crippen LogP contribution in [0.15, 0.2) is 182 Å². The van der Waals surface area contributed by atoms with Gasteiger partial charge in [0.1, 0.15) is 0 Å². The third-order valence-electron chi connectivity index (χ3n) is 9.44. The van der Waals surface area contributed by atoms with Gasteiger partial charge in [0.15, 0.2) is 0 Å². The molecule has 9 rings (SSSR count). The minimum absolute atomic E-state index is 0.473. The van der Waals surface area contributed by atoms with Crippen LogP contribution in [0.25, 0.3) is 27.5 Å². The van der Waals surface area contributed by atoms with Crippen molar-refractivity contribution in [2.75, 3.05) is 4.90 Å². The van der Waals surface area contributed by atoms with Gasteiger partial charge in [-0.3, -0.25) is 0 Å². The van der Waals surface area contributed by atoms with E-state index in [0.29, 0.717) is 0 Å². The van der Waals surface area contributed by atoms with Crippen LogP contribution in [0, 0.1) is 0 Å². The Balaban J connectivity index is 1.34. The van der Waals surface area contributed by atoms with Gasteiger partial charge in [-0.05, 0) is 70.8 Å². The zero-order chi connectivity index (χ0) is 29.8. The lowest BCUT2D eigenvalue weighted by Gasteiger charge is -2.46. The van der Waals surface area contributed by atoms with Crippen molar-refractivity contribution in [2.24, 2.45) is 0 Å². The van der Waals surface area contributed by atoms with Crippen LogP contribution in [-0.4, -0.2) is 4.57 Å². The lowest BCUT2D eigenvalue weighted by molar-refractivity contribution is 0.731. The molecular formula is C43H30N2. The smallest absolute Gasteiger partial charge is 0.0742 e. The molecule has 0 bridgehead atoms. The predicted octanol–water partition coefficient (Wildman–Crippen LogP) is 10.9. The molecule has 0 saturated heterocycles. The summed E-state index contributed by atoms with van der Waals surface area (Å²) in [4.78, 5) is 2.46. The molecule has 1 aromatic heterocycles. The Hall–Kier alpha value is -5.86. The molecule has 0 spiro atoms. The van der Waals surface area contributed by atoms with Crippen molar-refractivity contribution in [3.63, 3.8) is 0 Å². The third kappa shape index (κ3) is 3.69. The Labute approximate surface area is 263 Å². The van der Waals surface area contributed by atoms with Gasteiger partial charge < -0.3 is 9.47 Å². The van der Waals surface area contributed by atoms with E-state index in [0.717, 1.165) is 5.69 Å². The van der Waals surface area contributed by atoms with Crippen LogP contribution in [-0.2, 0) is 5.41 Å². The largest absolute Gasteiger partial charge is 0.310 e. The van der Waals surface area contributed by atoms with Crippen molar-refractivity contribution in [3.8, 4) is 5.69 Å². The fraction of sp³-hybridized carbons (Fsp3) is 0.0233. The second-order valence-corrected chi connectivity index (χ2v) is 11.7. The summed E-state index contributed by atoms with van der Waals surface area (Å²) < 4.78 is 2.38. The number of benzene rings is 7. The molecule has 0 fully saturated rings. The fourth-order valence-corrected chi connectivity index (χ4v) is 7.64. The minimum Gasteiger partial charge on any atom is -0.310 e. The Morgan fingerprint density at radius 1 is 0.356 bits per heavy atom. The minimum atomic E-state index is -0.473. The molecule has 0 amide bonds. The first-order valence-electron chi connectivity index (χ1n) is 15.5. The molecular weight excluding hydrogens is 544 g/mol. The number of para-hydroxylation sites is 4. The van der Waals surface area contributed by atoms with Crippen LogP contribution in [0.4, 0.5) is 17.1 Å². The number of hydrogen-bond acceptors (Lipinski definition) is 1. The van der Waals surface area contributed by atoms with Crippen molar-refractivity contribution >= 4 is 38.9 Å². The molecule has 0 radical (unpaired) electrons. The Kier molecular flexibility index (Phi) is 5.76. The van der Waals surface area contributed by atoms with E-state index in [4.69, 9.17) is 0 Å². The number of aromatic nitrogens is 1. The van der Waals surface area contributed by atoms with Gasteiger partial charge in [0.05, 0.1) is 27.8 Å². The predicted molar refractivity (Wildman–Crippen MR) is 187 cm³/mol. The molecule has 7 aromatic carbocycles. The second-order valence-electron chi connectivity index (χ2n) is 11.7. The van der Waals surface area contributed by atoms with Crippen LogP contribution >= 0.6 is 0 Å². The number of nitrogens with zero attached hydrogens (tertiary/aromatic N) is 2. The summed E-state index contributed by atoms with van der Waals surface area (Å²) in [6, 6.07) is 66.2. The van der Waals surface area contributed by atoms with E-state index >= 15 is 0 Å². The van der Waals surface area contributed by atoms with Crippen LogP contribution in [0.1, 0.15) is 22.3 Å². The third-order valence-corrected chi connectivity index (χ3v) is 9.44. The van der Waals surface area contributed by atoms with Gasteiger partial charge in [-0.25, -0.2) is 0 Å². The van der Waals surface area contributed by atoms with Crippen molar-refractivity contribution < 1.29 is 0 Å². The summed E-state index contributed by atoms with van der Waals surface area (Å²) in [5, 5.41) is 2.49. The molecule has 0 saturated carbocycles. The topological polar surface area (TPSA) is 8.17 Å². The van der Waals surface area contributed by atoms with Gasteiger partial charge in [-0.15, -0.1) is 0 Å². The summed E-state index contributed by atoms with van der Waals surface area (Å²) in [7, 11) is 0. The molecule has 2 nitrogen and oxygen atoms in total. The van der Waals surface area contributed by atoms with Gasteiger partial charge in [0.2, 0.25) is 0 Å². The second kappa shape index (κ2) is 10.1.